The van der Waals surface area contributed by atoms with Crippen LogP contribution in [0.3, 0.4) is 0 Å². The topological polar surface area (TPSA) is 105 Å². The number of anilines is 1. The number of benzene rings is 2. The van der Waals surface area contributed by atoms with Gasteiger partial charge in [0.25, 0.3) is 0 Å². The van der Waals surface area contributed by atoms with E-state index in [4.69, 9.17) is 16.3 Å². The highest BCUT2D eigenvalue weighted by Gasteiger charge is 2.15. The SMILES string of the molecule is COc1cccc(NC(=O)CSc2ncc(CO)n2CC(=O)NCc2ccc(Cl)cc2)c1. The summed E-state index contributed by atoms with van der Waals surface area (Å²) in [5.74, 6) is 0.264. The van der Waals surface area contributed by atoms with Crippen LogP contribution in [0.4, 0.5) is 5.69 Å². The van der Waals surface area contributed by atoms with Crippen LogP contribution >= 0.6 is 23.4 Å². The van der Waals surface area contributed by atoms with E-state index in [0.29, 0.717) is 33.9 Å². The normalized spacial score (nSPS) is 10.6. The van der Waals surface area contributed by atoms with Gasteiger partial charge in [-0.15, -0.1) is 0 Å². The van der Waals surface area contributed by atoms with Gasteiger partial charge in [0.1, 0.15) is 12.3 Å². The summed E-state index contributed by atoms with van der Waals surface area (Å²) in [5.41, 5.74) is 2.03. The zero-order chi connectivity index (χ0) is 22.9. The third kappa shape index (κ3) is 6.74. The van der Waals surface area contributed by atoms with E-state index in [1.54, 1.807) is 48.1 Å². The molecule has 0 fully saturated rings. The number of imidazole rings is 1. The standard InChI is InChI=1S/C22H23ClN4O4S/c1-31-19-4-2-3-17(9-19)26-21(30)14-32-22-25-11-18(13-28)27(22)12-20(29)24-10-15-5-7-16(23)8-6-15/h2-9,11,28H,10,12-14H2,1H3,(H,24,29)(H,26,30). The zero-order valence-electron chi connectivity index (χ0n) is 17.4. The molecule has 168 valence electrons. The summed E-state index contributed by atoms with van der Waals surface area (Å²) in [5, 5.41) is 16.3. The maximum atomic E-state index is 12.4. The Morgan fingerprint density at radius 2 is 1.97 bits per heavy atom. The molecule has 0 unspecified atom stereocenters. The van der Waals surface area contributed by atoms with E-state index in [1.807, 2.05) is 12.1 Å². The fraction of sp³-hybridized carbons (Fsp3) is 0.227. The number of aliphatic hydroxyl groups is 1. The van der Waals surface area contributed by atoms with Crippen LogP contribution in [0.25, 0.3) is 0 Å². The molecule has 2 amide bonds. The van der Waals surface area contributed by atoms with Crippen LogP contribution in [0.15, 0.2) is 59.9 Å². The molecule has 0 saturated carbocycles. The molecule has 3 aromatic rings. The first kappa shape index (κ1) is 23.6. The molecule has 2 aromatic carbocycles. The first-order valence-corrected chi connectivity index (χ1v) is 11.1. The number of nitrogens with zero attached hydrogens (tertiary/aromatic N) is 2. The van der Waals surface area contributed by atoms with Crippen LogP contribution in [0.5, 0.6) is 5.75 Å². The van der Waals surface area contributed by atoms with Gasteiger partial charge in [0.2, 0.25) is 11.8 Å². The second kappa shape index (κ2) is 11.6. The van der Waals surface area contributed by atoms with Crippen LogP contribution < -0.4 is 15.4 Å². The van der Waals surface area contributed by atoms with Crippen LogP contribution in [0.1, 0.15) is 11.3 Å². The van der Waals surface area contributed by atoms with Crippen molar-refractivity contribution in [1.29, 1.82) is 0 Å². The highest BCUT2D eigenvalue weighted by molar-refractivity contribution is 7.99. The molecule has 10 heteroatoms. The number of aliphatic hydroxyl groups excluding tert-OH is 1. The fourth-order valence-corrected chi connectivity index (χ4v) is 3.76. The van der Waals surface area contributed by atoms with E-state index >= 15 is 0 Å². The number of amides is 2. The highest BCUT2D eigenvalue weighted by Crippen LogP contribution is 2.21. The van der Waals surface area contributed by atoms with Crippen molar-refractivity contribution in [3.8, 4) is 5.75 Å². The van der Waals surface area contributed by atoms with Crippen molar-refractivity contribution in [3.05, 3.63) is 71.0 Å². The number of rotatable bonds is 10. The quantitative estimate of drug-likeness (QED) is 0.390. The van der Waals surface area contributed by atoms with Gasteiger partial charge >= 0.3 is 0 Å². The monoisotopic (exact) mass is 474 g/mol. The van der Waals surface area contributed by atoms with Crippen LogP contribution in [0.2, 0.25) is 5.02 Å². The molecule has 32 heavy (non-hydrogen) atoms. The number of hydrogen-bond donors (Lipinski definition) is 3. The minimum atomic E-state index is -0.270. The van der Waals surface area contributed by atoms with Gasteiger partial charge in [0.05, 0.1) is 31.4 Å². The lowest BCUT2D eigenvalue weighted by atomic mass is 10.2. The number of thioether (sulfide) groups is 1. The fourth-order valence-electron chi connectivity index (χ4n) is 2.83. The molecule has 0 aliphatic carbocycles. The van der Waals surface area contributed by atoms with Gasteiger partial charge < -0.3 is 25.0 Å². The molecule has 0 atom stereocenters. The van der Waals surface area contributed by atoms with Gasteiger partial charge in [-0.25, -0.2) is 4.98 Å². The van der Waals surface area contributed by atoms with Gasteiger partial charge in [-0.2, -0.15) is 0 Å². The van der Waals surface area contributed by atoms with Crippen molar-refractivity contribution >= 4 is 40.9 Å². The molecular formula is C22H23ClN4O4S. The lowest BCUT2D eigenvalue weighted by Gasteiger charge is -2.11. The van der Waals surface area contributed by atoms with Crippen molar-refractivity contribution in [3.63, 3.8) is 0 Å². The summed E-state index contributed by atoms with van der Waals surface area (Å²) in [6.07, 6.45) is 1.49. The third-order valence-electron chi connectivity index (χ3n) is 4.45. The van der Waals surface area contributed by atoms with E-state index in [9.17, 15) is 14.7 Å². The molecule has 1 heterocycles. The van der Waals surface area contributed by atoms with Crippen LogP contribution in [-0.2, 0) is 29.3 Å². The number of carbonyl (C=O) groups is 2. The Bertz CT molecular complexity index is 1070. The molecule has 0 spiro atoms. The number of hydrogen-bond acceptors (Lipinski definition) is 6. The van der Waals surface area contributed by atoms with E-state index < -0.39 is 0 Å². The van der Waals surface area contributed by atoms with Gasteiger partial charge in [-0.1, -0.05) is 41.6 Å². The van der Waals surface area contributed by atoms with Crippen molar-refractivity contribution in [2.45, 2.75) is 24.9 Å². The Morgan fingerprint density at radius 3 is 2.69 bits per heavy atom. The molecule has 8 nitrogen and oxygen atoms in total. The molecule has 1 aromatic heterocycles. The van der Waals surface area contributed by atoms with Gasteiger partial charge in [0, 0.05) is 23.3 Å². The summed E-state index contributed by atoms with van der Waals surface area (Å²) in [4.78, 5) is 29.0. The highest BCUT2D eigenvalue weighted by atomic mass is 35.5. The van der Waals surface area contributed by atoms with Gasteiger partial charge in [0.15, 0.2) is 5.16 Å². The number of halogens is 1. The predicted molar refractivity (Wildman–Crippen MR) is 124 cm³/mol. The molecule has 0 aliphatic heterocycles. The minimum Gasteiger partial charge on any atom is -0.497 e. The van der Waals surface area contributed by atoms with E-state index in [0.717, 1.165) is 5.56 Å². The Hall–Kier alpha value is -3.01. The lowest BCUT2D eigenvalue weighted by molar-refractivity contribution is -0.122. The summed E-state index contributed by atoms with van der Waals surface area (Å²) in [6, 6.07) is 14.2. The van der Waals surface area contributed by atoms with Crippen molar-refractivity contribution in [2.75, 3.05) is 18.2 Å². The number of methoxy groups -OCH3 is 1. The minimum absolute atomic E-state index is 0.0245. The van der Waals surface area contributed by atoms with Gasteiger partial charge in [-0.3, -0.25) is 9.59 Å². The number of ether oxygens (including phenoxy) is 1. The molecule has 0 bridgehead atoms. The predicted octanol–water partition coefficient (Wildman–Crippen LogP) is 3.08. The zero-order valence-corrected chi connectivity index (χ0v) is 18.9. The summed E-state index contributed by atoms with van der Waals surface area (Å²) in [7, 11) is 1.56. The molecule has 3 N–H and O–H groups in total. The Balaban J connectivity index is 1.56. The third-order valence-corrected chi connectivity index (χ3v) is 5.70. The van der Waals surface area contributed by atoms with E-state index in [2.05, 4.69) is 15.6 Å². The average Bonchev–Trinajstić information content (AvgIpc) is 3.18. The summed E-state index contributed by atoms with van der Waals surface area (Å²) in [6.45, 7) is 0.0575. The van der Waals surface area contributed by atoms with Crippen molar-refractivity contribution < 1.29 is 19.4 Å². The van der Waals surface area contributed by atoms with Crippen molar-refractivity contribution in [1.82, 2.24) is 14.9 Å². The number of carbonyl (C=O) groups excluding carboxylic acids is 2. The largest absolute Gasteiger partial charge is 0.497 e. The Labute approximate surface area is 194 Å². The average molecular weight is 475 g/mol. The summed E-state index contributed by atoms with van der Waals surface area (Å²) < 4.78 is 6.75. The maximum absolute atomic E-state index is 12.4. The number of aromatic nitrogens is 2. The molecule has 0 aliphatic rings. The molecule has 0 radical (unpaired) electrons. The molecule has 0 saturated heterocycles. The Kier molecular flexibility index (Phi) is 8.55. The maximum Gasteiger partial charge on any atom is 0.240 e. The van der Waals surface area contributed by atoms with Gasteiger partial charge in [-0.05, 0) is 29.8 Å². The van der Waals surface area contributed by atoms with E-state index in [-0.39, 0.29) is 30.7 Å². The van der Waals surface area contributed by atoms with E-state index in [1.165, 1.54) is 18.0 Å². The molecular weight excluding hydrogens is 452 g/mol. The Morgan fingerprint density at radius 1 is 1.19 bits per heavy atom. The summed E-state index contributed by atoms with van der Waals surface area (Å²) >= 11 is 7.05. The smallest absolute Gasteiger partial charge is 0.240 e. The number of nitrogens with one attached hydrogen (secondary N) is 2. The van der Waals surface area contributed by atoms with Crippen LogP contribution in [0, 0.1) is 0 Å². The van der Waals surface area contributed by atoms with Crippen molar-refractivity contribution in [2.24, 2.45) is 0 Å². The molecule has 3 rings (SSSR count). The lowest BCUT2D eigenvalue weighted by Crippen LogP contribution is -2.28. The second-order valence-corrected chi connectivity index (χ2v) is 8.13. The second-order valence-electron chi connectivity index (χ2n) is 6.75. The van der Waals surface area contributed by atoms with Crippen LogP contribution in [-0.4, -0.2) is 39.3 Å². The first-order valence-electron chi connectivity index (χ1n) is 9.71. The first-order chi connectivity index (χ1) is 15.5.